The number of aromatic amines is 1. The Kier molecular flexibility index (Phi) is 4.37. The standard InChI is InChI=1S/C14H21N3O2/c1-10(2)17-6-4-11(9-17)8-16-14(19)12-3-5-15-13(18)7-12/h3,5,7,10-11H,4,6,8-9H2,1-2H3,(H,15,18)(H,16,19). The number of nitrogens with zero attached hydrogens (tertiary/aromatic N) is 1. The Bertz CT molecular complexity index is 495. The van der Waals surface area contributed by atoms with Crippen molar-refractivity contribution in [2.75, 3.05) is 19.6 Å². The maximum absolute atomic E-state index is 11.9. The molecule has 0 aromatic carbocycles. The second kappa shape index (κ2) is 6.02. The summed E-state index contributed by atoms with van der Waals surface area (Å²) in [4.78, 5) is 27.9. The summed E-state index contributed by atoms with van der Waals surface area (Å²) in [5.74, 6) is 0.336. The van der Waals surface area contributed by atoms with Crippen molar-refractivity contribution in [1.29, 1.82) is 0 Å². The molecule has 0 bridgehead atoms. The van der Waals surface area contributed by atoms with Crippen LogP contribution in [0.5, 0.6) is 0 Å². The number of carbonyl (C=O) groups is 1. The monoisotopic (exact) mass is 263 g/mol. The van der Waals surface area contributed by atoms with E-state index in [-0.39, 0.29) is 11.5 Å². The zero-order valence-corrected chi connectivity index (χ0v) is 11.5. The second-order valence-corrected chi connectivity index (χ2v) is 5.40. The van der Waals surface area contributed by atoms with Crippen LogP contribution >= 0.6 is 0 Å². The molecule has 19 heavy (non-hydrogen) atoms. The summed E-state index contributed by atoms with van der Waals surface area (Å²) in [5.41, 5.74) is 0.168. The number of rotatable bonds is 4. The molecule has 0 radical (unpaired) electrons. The molecule has 1 unspecified atom stereocenters. The Morgan fingerprint density at radius 2 is 2.37 bits per heavy atom. The summed E-state index contributed by atoms with van der Waals surface area (Å²) in [6.45, 7) is 7.19. The quantitative estimate of drug-likeness (QED) is 0.846. The summed E-state index contributed by atoms with van der Waals surface area (Å²) in [6, 6.07) is 3.50. The Balaban J connectivity index is 1.83. The number of nitrogens with one attached hydrogen (secondary N) is 2. The molecule has 5 heteroatoms. The van der Waals surface area contributed by atoms with Gasteiger partial charge in [0.05, 0.1) is 0 Å². The van der Waals surface area contributed by atoms with E-state index < -0.39 is 0 Å². The fourth-order valence-corrected chi connectivity index (χ4v) is 2.42. The van der Waals surface area contributed by atoms with Gasteiger partial charge in [0, 0.05) is 37.0 Å². The SMILES string of the molecule is CC(C)N1CCC(CNC(=O)c2cc[nH]c(=O)c2)C1. The third-order valence-electron chi connectivity index (χ3n) is 3.64. The summed E-state index contributed by atoms with van der Waals surface area (Å²) in [6.07, 6.45) is 2.61. The van der Waals surface area contributed by atoms with Gasteiger partial charge in [-0.25, -0.2) is 0 Å². The highest BCUT2D eigenvalue weighted by Gasteiger charge is 2.24. The van der Waals surface area contributed by atoms with Crippen LogP contribution < -0.4 is 10.9 Å². The summed E-state index contributed by atoms with van der Waals surface area (Å²) in [5, 5.41) is 2.91. The lowest BCUT2D eigenvalue weighted by molar-refractivity contribution is 0.0947. The topological polar surface area (TPSA) is 65.2 Å². The minimum atomic E-state index is -0.250. The van der Waals surface area contributed by atoms with E-state index in [4.69, 9.17) is 0 Å². The molecule has 1 aromatic heterocycles. The van der Waals surface area contributed by atoms with Gasteiger partial charge in [-0.05, 0) is 38.8 Å². The van der Waals surface area contributed by atoms with Crippen molar-refractivity contribution >= 4 is 5.91 Å². The first-order chi connectivity index (χ1) is 9.06. The fourth-order valence-electron chi connectivity index (χ4n) is 2.42. The highest BCUT2D eigenvalue weighted by atomic mass is 16.2. The highest BCUT2D eigenvalue weighted by molar-refractivity contribution is 5.93. The molecule has 0 aliphatic carbocycles. The summed E-state index contributed by atoms with van der Waals surface area (Å²) < 4.78 is 0. The lowest BCUT2D eigenvalue weighted by atomic mass is 10.1. The molecule has 5 nitrogen and oxygen atoms in total. The van der Waals surface area contributed by atoms with Crippen molar-refractivity contribution in [1.82, 2.24) is 15.2 Å². The molecule has 1 aliphatic heterocycles. The van der Waals surface area contributed by atoms with Crippen molar-refractivity contribution in [2.24, 2.45) is 5.92 Å². The van der Waals surface area contributed by atoms with Crippen molar-refractivity contribution in [3.63, 3.8) is 0 Å². The molecule has 104 valence electrons. The molecule has 1 amide bonds. The van der Waals surface area contributed by atoms with E-state index in [9.17, 15) is 9.59 Å². The minimum Gasteiger partial charge on any atom is -0.352 e. The highest BCUT2D eigenvalue weighted by Crippen LogP contribution is 2.17. The van der Waals surface area contributed by atoms with E-state index in [1.165, 1.54) is 12.3 Å². The van der Waals surface area contributed by atoms with E-state index in [2.05, 4.69) is 29.0 Å². The van der Waals surface area contributed by atoms with Gasteiger partial charge in [0.1, 0.15) is 0 Å². The Labute approximate surface area is 113 Å². The summed E-state index contributed by atoms with van der Waals surface area (Å²) >= 11 is 0. The van der Waals surface area contributed by atoms with Crippen LogP contribution in [0.1, 0.15) is 30.6 Å². The zero-order valence-electron chi connectivity index (χ0n) is 11.5. The number of amides is 1. The largest absolute Gasteiger partial charge is 0.352 e. The number of hydrogen-bond donors (Lipinski definition) is 2. The van der Waals surface area contributed by atoms with Crippen LogP contribution in [0.25, 0.3) is 0 Å². The van der Waals surface area contributed by atoms with Crippen LogP contribution in [-0.4, -0.2) is 41.5 Å². The molecule has 1 aromatic rings. The molecule has 1 fully saturated rings. The Morgan fingerprint density at radius 3 is 3.00 bits per heavy atom. The molecule has 0 saturated carbocycles. The van der Waals surface area contributed by atoms with Gasteiger partial charge in [0.2, 0.25) is 5.56 Å². The van der Waals surface area contributed by atoms with Gasteiger partial charge in [-0.2, -0.15) is 0 Å². The maximum atomic E-state index is 11.9. The lowest BCUT2D eigenvalue weighted by Crippen LogP contribution is -2.33. The van der Waals surface area contributed by atoms with Crippen molar-refractivity contribution in [3.05, 3.63) is 34.2 Å². The minimum absolute atomic E-state index is 0.172. The molecule has 2 heterocycles. The molecule has 2 rings (SSSR count). The number of hydrogen-bond acceptors (Lipinski definition) is 3. The first-order valence-corrected chi connectivity index (χ1v) is 6.77. The van der Waals surface area contributed by atoms with Gasteiger partial charge in [0.15, 0.2) is 0 Å². The Morgan fingerprint density at radius 1 is 1.58 bits per heavy atom. The Hall–Kier alpha value is -1.62. The summed E-state index contributed by atoms with van der Waals surface area (Å²) in [7, 11) is 0. The molecule has 2 N–H and O–H groups in total. The number of pyridine rings is 1. The number of H-pyrrole nitrogens is 1. The third kappa shape index (κ3) is 3.67. The second-order valence-electron chi connectivity index (χ2n) is 5.40. The number of aromatic nitrogens is 1. The van der Waals surface area contributed by atoms with E-state index in [1.54, 1.807) is 6.07 Å². The van der Waals surface area contributed by atoms with Crippen LogP contribution in [-0.2, 0) is 0 Å². The van der Waals surface area contributed by atoms with Gasteiger partial charge in [-0.3, -0.25) is 9.59 Å². The first kappa shape index (κ1) is 13.8. The number of likely N-dealkylation sites (tertiary alicyclic amines) is 1. The zero-order chi connectivity index (χ0) is 13.8. The van der Waals surface area contributed by atoms with Crippen LogP contribution in [0.3, 0.4) is 0 Å². The molecule has 0 spiro atoms. The predicted molar refractivity (Wildman–Crippen MR) is 74.2 cm³/mol. The van der Waals surface area contributed by atoms with Crippen molar-refractivity contribution in [3.8, 4) is 0 Å². The average molecular weight is 263 g/mol. The predicted octanol–water partition coefficient (Wildman–Crippen LogP) is 0.835. The van der Waals surface area contributed by atoms with Gasteiger partial charge in [0.25, 0.3) is 5.91 Å². The lowest BCUT2D eigenvalue weighted by Gasteiger charge is -2.20. The normalized spacial score (nSPS) is 19.8. The molecular formula is C14H21N3O2. The average Bonchev–Trinajstić information content (AvgIpc) is 2.85. The van der Waals surface area contributed by atoms with E-state index in [0.29, 0.717) is 24.1 Å². The van der Waals surface area contributed by atoms with E-state index >= 15 is 0 Å². The van der Waals surface area contributed by atoms with Crippen LogP contribution in [0.4, 0.5) is 0 Å². The fraction of sp³-hybridized carbons (Fsp3) is 0.571. The van der Waals surface area contributed by atoms with Gasteiger partial charge in [-0.1, -0.05) is 0 Å². The molecule has 1 aliphatic rings. The molecular weight excluding hydrogens is 242 g/mol. The maximum Gasteiger partial charge on any atom is 0.251 e. The van der Waals surface area contributed by atoms with Gasteiger partial charge in [-0.15, -0.1) is 0 Å². The van der Waals surface area contributed by atoms with Crippen LogP contribution in [0.2, 0.25) is 0 Å². The first-order valence-electron chi connectivity index (χ1n) is 6.77. The van der Waals surface area contributed by atoms with Gasteiger partial charge < -0.3 is 15.2 Å². The van der Waals surface area contributed by atoms with E-state index in [0.717, 1.165) is 19.5 Å². The van der Waals surface area contributed by atoms with E-state index in [1.807, 2.05) is 0 Å². The van der Waals surface area contributed by atoms with Crippen molar-refractivity contribution in [2.45, 2.75) is 26.3 Å². The number of carbonyl (C=O) groups excluding carboxylic acids is 1. The van der Waals surface area contributed by atoms with Gasteiger partial charge >= 0.3 is 0 Å². The smallest absolute Gasteiger partial charge is 0.251 e. The molecule has 1 saturated heterocycles. The molecule has 1 atom stereocenters. The van der Waals surface area contributed by atoms with Crippen LogP contribution in [0.15, 0.2) is 23.1 Å². The van der Waals surface area contributed by atoms with Crippen LogP contribution in [0, 0.1) is 5.92 Å². The third-order valence-corrected chi connectivity index (χ3v) is 3.64. The van der Waals surface area contributed by atoms with Crippen molar-refractivity contribution < 1.29 is 4.79 Å².